The Kier molecular flexibility index (Phi) is 4.30. The van der Waals surface area contributed by atoms with E-state index in [1.165, 1.54) is 17.7 Å². The summed E-state index contributed by atoms with van der Waals surface area (Å²) in [5, 5.41) is 6.11. The second-order valence-corrected chi connectivity index (χ2v) is 6.23. The van der Waals surface area contributed by atoms with Gasteiger partial charge in [-0.05, 0) is 19.4 Å². The minimum Gasteiger partial charge on any atom is -0.462 e. The summed E-state index contributed by atoms with van der Waals surface area (Å²) in [7, 11) is 0. The van der Waals surface area contributed by atoms with E-state index in [1.807, 2.05) is 12.3 Å². The van der Waals surface area contributed by atoms with Crippen molar-refractivity contribution in [1.82, 2.24) is 15.0 Å². The monoisotopic (exact) mass is 334 g/mol. The number of aromatic nitrogens is 3. The number of thiophene rings is 1. The molecule has 0 aliphatic heterocycles. The largest absolute Gasteiger partial charge is 0.462 e. The molecule has 0 fully saturated rings. The van der Waals surface area contributed by atoms with Gasteiger partial charge in [0.05, 0.1) is 29.7 Å². The third kappa shape index (κ3) is 2.79. The maximum atomic E-state index is 12.0. The number of aryl methyl sites for hydroxylation is 1. The first kappa shape index (κ1) is 14.9. The van der Waals surface area contributed by atoms with Gasteiger partial charge in [-0.15, -0.1) is 22.7 Å². The molecule has 3 aromatic rings. The van der Waals surface area contributed by atoms with Crippen molar-refractivity contribution in [1.29, 1.82) is 0 Å². The molecule has 3 heterocycles. The molecule has 0 aliphatic rings. The molecule has 1 N–H and O–H groups in total. The second kappa shape index (κ2) is 6.37. The van der Waals surface area contributed by atoms with Gasteiger partial charge in [0.25, 0.3) is 0 Å². The van der Waals surface area contributed by atoms with Crippen LogP contribution in [0.1, 0.15) is 27.9 Å². The highest BCUT2D eigenvalue weighted by Crippen LogP contribution is 2.33. The van der Waals surface area contributed by atoms with Crippen LogP contribution in [0.25, 0.3) is 10.2 Å². The summed E-state index contributed by atoms with van der Waals surface area (Å²) in [6.07, 6.45) is 1.50. The average molecular weight is 334 g/mol. The van der Waals surface area contributed by atoms with Crippen LogP contribution in [0.3, 0.4) is 0 Å². The molecule has 0 saturated carbocycles. The summed E-state index contributed by atoms with van der Waals surface area (Å²) >= 11 is 2.88. The number of fused-ring (bicyclic) bond motifs is 1. The molecule has 0 radical (unpaired) electrons. The lowest BCUT2D eigenvalue weighted by Crippen LogP contribution is -2.04. The van der Waals surface area contributed by atoms with Crippen molar-refractivity contribution in [2.45, 2.75) is 20.4 Å². The molecular formula is C14H14N4O2S2. The molecule has 0 bridgehead atoms. The van der Waals surface area contributed by atoms with Crippen molar-refractivity contribution in [2.24, 2.45) is 0 Å². The highest BCUT2D eigenvalue weighted by molar-refractivity contribution is 7.20. The number of nitrogens with one attached hydrogen (secondary N) is 1. The van der Waals surface area contributed by atoms with Gasteiger partial charge in [-0.2, -0.15) is 0 Å². The minimum atomic E-state index is -0.312. The SMILES string of the molecule is CCOC(=O)c1sc2ncnc(NCc3cscn3)c2c1C. The van der Waals surface area contributed by atoms with Gasteiger partial charge in [0.1, 0.15) is 21.9 Å². The zero-order valence-corrected chi connectivity index (χ0v) is 13.8. The Balaban J connectivity index is 1.95. The number of ether oxygens (including phenoxy) is 1. The molecule has 0 atom stereocenters. The molecular weight excluding hydrogens is 320 g/mol. The van der Waals surface area contributed by atoms with E-state index in [0.717, 1.165) is 21.5 Å². The number of carbonyl (C=O) groups excluding carboxylic acids is 1. The van der Waals surface area contributed by atoms with Crippen molar-refractivity contribution in [3.8, 4) is 0 Å². The van der Waals surface area contributed by atoms with Gasteiger partial charge >= 0.3 is 5.97 Å². The maximum Gasteiger partial charge on any atom is 0.348 e. The first-order chi connectivity index (χ1) is 10.7. The quantitative estimate of drug-likeness (QED) is 0.722. The van der Waals surface area contributed by atoms with Crippen LogP contribution in [0.4, 0.5) is 5.82 Å². The van der Waals surface area contributed by atoms with E-state index in [9.17, 15) is 4.79 Å². The number of hydrogen-bond donors (Lipinski definition) is 1. The van der Waals surface area contributed by atoms with Gasteiger partial charge < -0.3 is 10.1 Å². The Morgan fingerprint density at radius 2 is 2.23 bits per heavy atom. The van der Waals surface area contributed by atoms with Gasteiger partial charge in [0.15, 0.2) is 0 Å². The molecule has 0 aromatic carbocycles. The van der Waals surface area contributed by atoms with Crippen molar-refractivity contribution in [2.75, 3.05) is 11.9 Å². The fourth-order valence-corrected chi connectivity index (χ4v) is 3.70. The van der Waals surface area contributed by atoms with Crippen LogP contribution in [0.15, 0.2) is 17.2 Å². The number of nitrogens with zero attached hydrogens (tertiary/aromatic N) is 3. The van der Waals surface area contributed by atoms with E-state index in [2.05, 4.69) is 20.3 Å². The summed E-state index contributed by atoms with van der Waals surface area (Å²) in [4.78, 5) is 26.1. The molecule has 114 valence electrons. The van der Waals surface area contributed by atoms with Gasteiger partial charge in [-0.25, -0.2) is 19.7 Å². The summed E-state index contributed by atoms with van der Waals surface area (Å²) in [5.41, 5.74) is 3.59. The van der Waals surface area contributed by atoms with Crippen LogP contribution < -0.4 is 5.32 Å². The topological polar surface area (TPSA) is 77.0 Å². The fourth-order valence-electron chi connectivity index (χ4n) is 2.10. The van der Waals surface area contributed by atoms with Gasteiger partial charge in [0, 0.05) is 5.38 Å². The highest BCUT2D eigenvalue weighted by atomic mass is 32.1. The first-order valence-electron chi connectivity index (χ1n) is 6.72. The van der Waals surface area contributed by atoms with Crippen LogP contribution in [-0.4, -0.2) is 27.5 Å². The Morgan fingerprint density at radius 3 is 2.95 bits per heavy atom. The predicted octanol–water partition coefficient (Wildman–Crippen LogP) is 3.25. The molecule has 3 rings (SSSR count). The zero-order chi connectivity index (χ0) is 15.5. The standard InChI is InChI=1S/C14H14N4O2S2/c1-3-20-14(19)11-8(2)10-12(16-6-17-13(10)22-11)15-4-9-5-21-7-18-9/h5-7H,3-4H2,1-2H3,(H,15,16,17). The summed E-state index contributed by atoms with van der Waals surface area (Å²) in [5.74, 6) is 0.399. The molecule has 0 aliphatic carbocycles. The Hall–Kier alpha value is -2.06. The molecule has 8 heteroatoms. The van der Waals surface area contributed by atoms with E-state index in [-0.39, 0.29) is 5.97 Å². The summed E-state index contributed by atoms with van der Waals surface area (Å²) < 4.78 is 5.09. The zero-order valence-electron chi connectivity index (χ0n) is 12.1. The molecule has 6 nitrogen and oxygen atoms in total. The number of carbonyl (C=O) groups is 1. The summed E-state index contributed by atoms with van der Waals surface area (Å²) in [6.45, 7) is 4.62. The fraction of sp³-hybridized carbons (Fsp3) is 0.286. The Bertz CT molecular complexity index is 799. The number of rotatable bonds is 5. The van der Waals surface area contributed by atoms with Crippen molar-refractivity contribution >= 4 is 44.7 Å². The summed E-state index contributed by atoms with van der Waals surface area (Å²) in [6, 6.07) is 0. The number of hydrogen-bond acceptors (Lipinski definition) is 8. The van der Waals surface area contributed by atoms with E-state index in [1.54, 1.807) is 23.8 Å². The molecule has 22 heavy (non-hydrogen) atoms. The van der Waals surface area contributed by atoms with Crippen LogP contribution in [0.2, 0.25) is 0 Å². The van der Waals surface area contributed by atoms with Crippen molar-refractivity contribution in [3.05, 3.63) is 33.4 Å². The average Bonchev–Trinajstić information content (AvgIpc) is 3.14. The first-order valence-corrected chi connectivity index (χ1v) is 8.48. The van der Waals surface area contributed by atoms with Crippen molar-refractivity contribution in [3.63, 3.8) is 0 Å². The molecule has 0 amide bonds. The van der Waals surface area contributed by atoms with E-state index in [4.69, 9.17) is 4.74 Å². The number of thiazole rings is 1. The Labute approximate surface area is 135 Å². The van der Waals surface area contributed by atoms with Crippen LogP contribution in [0, 0.1) is 6.92 Å². The van der Waals surface area contributed by atoms with Gasteiger partial charge in [0.2, 0.25) is 0 Å². The van der Waals surface area contributed by atoms with Crippen molar-refractivity contribution < 1.29 is 9.53 Å². The van der Waals surface area contributed by atoms with Gasteiger partial charge in [-0.1, -0.05) is 0 Å². The maximum absolute atomic E-state index is 12.0. The van der Waals surface area contributed by atoms with E-state index >= 15 is 0 Å². The Morgan fingerprint density at radius 1 is 1.36 bits per heavy atom. The van der Waals surface area contributed by atoms with Gasteiger partial charge in [-0.3, -0.25) is 0 Å². The highest BCUT2D eigenvalue weighted by Gasteiger charge is 2.20. The van der Waals surface area contributed by atoms with Crippen LogP contribution in [-0.2, 0) is 11.3 Å². The molecule has 0 unspecified atom stereocenters. The molecule has 0 spiro atoms. The van der Waals surface area contributed by atoms with E-state index in [0.29, 0.717) is 23.8 Å². The third-order valence-corrected chi connectivity index (χ3v) is 4.92. The normalized spacial score (nSPS) is 10.8. The predicted molar refractivity (Wildman–Crippen MR) is 87.5 cm³/mol. The molecule has 3 aromatic heterocycles. The van der Waals surface area contributed by atoms with E-state index < -0.39 is 0 Å². The van der Waals surface area contributed by atoms with Crippen LogP contribution >= 0.6 is 22.7 Å². The number of esters is 1. The number of anilines is 1. The lowest BCUT2D eigenvalue weighted by atomic mass is 10.2. The third-order valence-electron chi connectivity index (χ3n) is 3.11. The minimum absolute atomic E-state index is 0.312. The smallest absolute Gasteiger partial charge is 0.348 e. The lowest BCUT2D eigenvalue weighted by Gasteiger charge is -2.05. The van der Waals surface area contributed by atoms with Crippen LogP contribution in [0.5, 0.6) is 0 Å². The second-order valence-electron chi connectivity index (χ2n) is 4.51. The lowest BCUT2D eigenvalue weighted by molar-refractivity contribution is 0.0531. The molecule has 0 saturated heterocycles.